The zero-order chi connectivity index (χ0) is 7.11. The van der Waals surface area contributed by atoms with Crippen molar-refractivity contribution in [2.24, 2.45) is 0 Å². The minimum absolute atomic E-state index is 0.864. The first-order chi connectivity index (χ1) is 4.35. The van der Waals surface area contributed by atoms with Crippen molar-refractivity contribution in [3.05, 3.63) is 11.8 Å². The van der Waals surface area contributed by atoms with Crippen molar-refractivity contribution in [1.82, 2.24) is 0 Å². The molecule has 0 bridgehead atoms. The van der Waals surface area contributed by atoms with E-state index in [0.29, 0.717) is 0 Å². The monoisotopic (exact) mass is 210 g/mol. The average molecular weight is 211 g/mol. The van der Waals surface area contributed by atoms with E-state index in [1.807, 2.05) is 11.8 Å². The number of rotatable bonds is 4. The van der Waals surface area contributed by atoms with Crippen molar-refractivity contribution in [2.45, 2.75) is 0 Å². The third kappa shape index (κ3) is 4.84. The van der Waals surface area contributed by atoms with Crippen LogP contribution in [0.25, 0.3) is 0 Å². The molecule has 0 spiro atoms. The zero-order valence-corrected chi connectivity index (χ0v) is 8.37. The van der Waals surface area contributed by atoms with Crippen LogP contribution in [0.4, 0.5) is 0 Å². The quantitative estimate of drug-likeness (QED) is 0.510. The molecule has 0 amide bonds. The van der Waals surface area contributed by atoms with Gasteiger partial charge in [-0.2, -0.15) is 0 Å². The van der Waals surface area contributed by atoms with Crippen LogP contribution in [0.1, 0.15) is 0 Å². The van der Waals surface area contributed by atoms with Gasteiger partial charge in [-0.1, -0.05) is 22.0 Å². The molecule has 0 aromatic rings. The van der Waals surface area contributed by atoms with Gasteiger partial charge in [0.25, 0.3) is 0 Å². The van der Waals surface area contributed by atoms with Gasteiger partial charge in [0.1, 0.15) is 0 Å². The molecule has 0 saturated heterocycles. The van der Waals surface area contributed by atoms with Crippen LogP contribution in [0.15, 0.2) is 11.8 Å². The summed E-state index contributed by atoms with van der Waals surface area (Å²) in [6.07, 6.45) is 1.99. The first-order valence-corrected chi connectivity index (χ1v) is 5.36. The van der Waals surface area contributed by atoms with Crippen molar-refractivity contribution in [3.8, 4) is 0 Å². The Balaban J connectivity index is 3.41. The van der Waals surface area contributed by atoms with Crippen LogP contribution in [0.2, 0.25) is 0 Å². The van der Waals surface area contributed by atoms with Crippen LogP contribution in [-0.2, 0) is 8.85 Å². The first kappa shape index (κ1) is 9.36. The van der Waals surface area contributed by atoms with Gasteiger partial charge in [-0.25, -0.2) is 0 Å². The molecule has 0 fully saturated rings. The summed E-state index contributed by atoms with van der Waals surface area (Å²) >= 11 is 3.26. The fourth-order valence-corrected chi connectivity index (χ4v) is 1.90. The summed E-state index contributed by atoms with van der Waals surface area (Å²) in [6.45, 7) is 0. The van der Waals surface area contributed by atoms with Crippen LogP contribution in [0, 0.1) is 0 Å². The van der Waals surface area contributed by atoms with Crippen molar-refractivity contribution in [2.75, 3.05) is 19.5 Å². The van der Waals surface area contributed by atoms with Gasteiger partial charge in [-0.15, -0.1) is 0 Å². The molecule has 0 aromatic heterocycles. The van der Waals surface area contributed by atoms with Gasteiger partial charge in [0, 0.05) is 19.5 Å². The third-order valence-electron chi connectivity index (χ3n) is 0.847. The lowest BCUT2D eigenvalue weighted by molar-refractivity contribution is 0.290. The van der Waals surface area contributed by atoms with Gasteiger partial charge in [-0.05, 0) is 5.70 Å². The molecular weight excluding hydrogens is 200 g/mol. The fourth-order valence-electron chi connectivity index (χ4n) is 0.416. The number of allylic oxidation sites excluding steroid dienone is 1. The maximum absolute atomic E-state index is 5.01. The molecule has 0 aliphatic rings. The Morgan fingerprint density at radius 2 is 2.00 bits per heavy atom. The Kier molecular flexibility index (Phi) is 6.73. The lowest BCUT2D eigenvalue weighted by Crippen LogP contribution is -2.15. The maximum Gasteiger partial charge on any atom is 0.347 e. The molecule has 0 N–H and O–H groups in total. The van der Waals surface area contributed by atoms with E-state index in [1.54, 1.807) is 14.2 Å². The molecule has 4 heteroatoms. The molecule has 0 aliphatic heterocycles. The van der Waals surface area contributed by atoms with Gasteiger partial charge in [0.05, 0.1) is 0 Å². The highest BCUT2D eigenvalue weighted by molar-refractivity contribution is 9.09. The number of alkyl halides is 1. The van der Waals surface area contributed by atoms with Gasteiger partial charge >= 0.3 is 9.28 Å². The van der Waals surface area contributed by atoms with E-state index in [9.17, 15) is 0 Å². The van der Waals surface area contributed by atoms with Crippen LogP contribution >= 0.6 is 15.9 Å². The van der Waals surface area contributed by atoms with Gasteiger partial charge in [0.15, 0.2) is 0 Å². The van der Waals surface area contributed by atoms with E-state index < -0.39 is 9.28 Å². The highest BCUT2D eigenvalue weighted by Crippen LogP contribution is 1.88. The summed E-state index contributed by atoms with van der Waals surface area (Å²) in [7, 11) is 1.91. The summed E-state index contributed by atoms with van der Waals surface area (Å²) in [4.78, 5) is 0. The molecular formula is C5H11BrO2Si. The summed E-state index contributed by atoms with van der Waals surface area (Å²) in [6, 6.07) is 0. The topological polar surface area (TPSA) is 18.5 Å². The Labute approximate surface area is 65.8 Å². The SMILES string of the molecule is CO[SiH](C=CCBr)OC. The van der Waals surface area contributed by atoms with E-state index in [4.69, 9.17) is 8.85 Å². The molecule has 9 heavy (non-hydrogen) atoms. The van der Waals surface area contributed by atoms with Gasteiger partial charge in [-0.3, -0.25) is 0 Å². The highest BCUT2D eigenvalue weighted by Gasteiger charge is 2.00. The Bertz CT molecular complexity index is 83.0. The van der Waals surface area contributed by atoms with Crippen molar-refractivity contribution >= 4 is 25.2 Å². The van der Waals surface area contributed by atoms with Gasteiger partial charge < -0.3 is 8.85 Å². The van der Waals surface area contributed by atoms with Crippen LogP contribution in [0.5, 0.6) is 0 Å². The lowest BCUT2D eigenvalue weighted by atomic mass is 10.8. The highest BCUT2D eigenvalue weighted by atomic mass is 79.9. The average Bonchev–Trinajstić information content (AvgIpc) is 1.91. The molecule has 0 heterocycles. The second-order valence-electron chi connectivity index (χ2n) is 1.42. The minimum atomic E-state index is -1.42. The van der Waals surface area contributed by atoms with Crippen LogP contribution in [-0.4, -0.2) is 28.8 Å². The standard InChI is InChI=1S/C5H11BrO2Si/c1-7-9(8-2)5-3-4-6/h3,5,9H,4H2,1-2H3. The van der Waals surface area contributed by atoms with Crippen molar-refractivity contribution in [3.63, 3.8) is 0 Å². The molecule has 2 nitrogen and oxygen atoms in total. The molecule has 0 radical (unpaired) electrons. The molecule has 0 aromatic carbocycles. The summed E-state index contributed by atoms with van der Waals surface area (Å²) in [5, 5.41) is 0.864. The predicted molar refractivity (Wildman–Crippen MR) is 44.1 cm³/mol. The summed E-state index contributed by atoms with van der Waals surface area (Å²) < 4.78 is 10.0. The van der Waals surface area contributed by atoms with Crippen molar-refractivity contribution in [1.29, 1.82) is 0 Å². The lowest BCUT2D eigenvalue weighted by Gasteiger charge is -2.03. The Morgan fingerprint density at radius 1 is 1.44 bits per heavy atom. The third-order valence-corrected chi connectivity index (χ3v) is 2.74. The predicted octanol–water partition coefficient (Wildman–Crippen LogP) is 0.990. The van der Waals surface area contributed by atoms with Crippen LogP contribution < -0.4 is 0 Å². The van der Waals surface area contributed by atoms with E-state index in [1.165, 1.54) is 0 Å². The number of hydrogen-bond acceptors (Lipinski definition) is 2. The van der Waals surface area contributed by atoms with Crippen LogP contribution in [0.3, 0.4) is 0 Å². The number of halogens is 1. The summed E-state index contributed by atoms with van der Waals surface area (Å²) in [5.41, 5.74) is 1.98. The molecule has 0 atom stereocenters. The fraction of sp³-hybridized carbons (Fsp3) is 0.600. The smallest absolute Gasteiger partial charge is 0.347 e. The molecule has 0 rings (SSSR count). The largest absolute Gasteiger partial charge is 0.397 e. The molecule has 0 aliphatic carbocycles. The van der Waals surface area contributed by atoms with E-state index in [0.717, 1.165) is 5.33 Å². The van der Waals surface area contributed by atoms with Crippen molar-refractivity contribution < 1.29 is 8.85 Å². The number of hydrogen-bond donors (Lipinski definition) is 0. The Morgan fingerprint density at radius 3 is 2.33 bits per heavy atom. The second kappa shape index (κ2) is 6.48. The minimum Gasteiger partial charge on any atom is -0.397 e. The first-order valence-electron chi connectivity index (χ1n) is 2.63. The van der Waals surface area contributed by atoms with E-state index >= 15 is 0 Å². The normalized spacial score (nSPS) is 11.6. The molecule has 54 valence electrons. The molecule has 0 saturated carbocycles. The maximum atomic E-state index is 5.01. The Hall–Kier alpha value is 0.357. The summed E-state index contributed by atoms with van der Waals surface area (Å²) in [5.74, 6) is 0. The zero-order valence-electron chi connectivity index (χ0n) is 5.63. The molecule has 0 unspecified atom stereocenters. The van der Waals surface area contributed by atoms with Gasteiger partial charge in [0.2, 0.25) is 0 Å². The van der Waals surface area contributed by atoms with E-state index in [2.05, 4.69) is 15.9 Å². The second-order valence-corrected chi connectivity index (χ2v) is 4.13. The van der Waals surface area contributed by atoms with E-state index in [-0.39, 0.29) is 0 Å².